The first-order valence-corrected chi connectivity index (χ1v) is 6.22. The monoisotopic (exact) mass is 270 g/mol. The summed E-state index contributed by atoms with van der Waals surface area (Å²) >= 11 is 0. The quantitative estimate of drug-likeness (QED) is 0.843. The zero-order valence-electron chi connectivity index (χ0n) is 10.7. The van der Waals surface area contributed by atoms with Crippen LogP contribution in [0.5, 0.6) is 5.88 Å². The number of anilines is 1. The van der Waals surface area contributed by atoms with Gasteiger partial charge in [-0.1, -0.05) is 0 Å². The van der Waals surface area contributed by atoms with Crippen LogP contribution in [0.2, 0.25) is 0 Å². The van der Waals surface area contributed by atoms with Gasteiger partial charge >= 0.3 is 6.61 Å². The molecule has 1 aromatic rings. The van der Waals surface area contributed by atoms with E-state index in [2.05, 4.69) is 14.6 Å². The highest BCUT2D eigenvalue weighted by Crippen LogP contribution is 2.24. The second-order valence-corrected chi connectivity index (χ2v) is 4.61. The van der Waals surface area contributed by atoms with Crippen LogP contribution in [0.1, 0.15) is 19.8 Å². The topological polar surface area (TPSA) is 42.4 Å². The number of Topliss-reactive ketones (excluding diaryl/α,β-unsaturated/α-hetero) is 1. The van der Waals surface area contributed by atoms with Crippen molar-refractivity contribution in [3.63, 3.8) is 0 Å². The highest BCUT2D eigenvalue weighted by atomic mass is 19.3. The molecule has 6 heteroatoms. The molecule has 1 aromatic heterocycles. The van der Waals surface area contributed by atoms with E-state index in [1.54, 1.807) is 13.0 Å². The molecular formula is C13H16F2N2O2. The Labute approximate surface area is 110 Å². The first kappa shape index (κ1) is 13.7. The molecule has 0 aliphatic carbocycles. The van der Waals surface area contributed by atoms with E-state index in [9.17, 15) is 13.6 Å². The van der Waals surface area contributed by atoms with E-state index >= 15 is 0 Å². The maximum atomic E-state index is 12.0. The first-order chi connectivity index (χ1) is 9.06. The molecule has 0 N–H and O–H groups in total. The van der Waals surface area contributed by atoms with E-state index < -0.39 is 6.61 Å². The minimum Gasteiger partial charge on any atom is -0.417 e. The third kappa shape index (κ3) is 3.62. The number of halogens is 2. The number of nitrogens with zero attached hydrogens (tertiary/aromatic N) is 2. The molecule has 0 amide bonds. The molecule has 1 aliphatic rings. The van der Waals surface area contributed by atoms with Crippen LogP contribution in [0.15, 0.2) is 18.3 Å². The van der Waals surface area contributed by atoms with Crippen LogP contribution >= 0.6 is 0 Å². The lowest BCUT2D eigenvalue weighted by Crippen LogP contribution is -2.35. The SMILES string of the molecule is CC(=O)C1CCN(c2ccc(OC(F)F)nc2)CC1. The number of hydrogen-bond donors (Lipinski definition) is 0. The summed E-state index contributed by atoms with van der Waals surface area (Å²) in [5.41, 5.74) is 0.864. The summed E-state index contributed by atoms with van der Waals surface area (Å²) < 4.78 is 28.2. The van der Waals surface area contributed by atoms with Crippen molar-refractivity contribution in [3.05, 3.63) is 18.3 Å². The number of ketones is 1. The van der Waals surface area contributed by atoms with Gasteiger partial charge in [-0.25, -0.2) is 4.98 Å². The van der Waals surface area contributed by atoms with Gasteiger partial charge in [0.1, 0.15) is 5.78 Å². The van der Waals surface area contributed by atoms with Gasteiger partial charge in [0.2, 0.25) is 5.88 Å². The minimum absolute atomic E-state index is 0.0858. The van der Waals surface area contributed by atoms with E-state index in [-0.39, 0.29) is 17.6 Å². The molecule has 1 aliphatic heterocycles. The van der Waals surface area contributed by atoms with Crippen molar-refractivity contribution in [1.82, 2.24) is 4.98 Å². The maximum Gasteiger partial charge on any atom is 0.388 e. The van der Waals surface area contributed by atoms with Gasteiger partial charge < -0.3 is 9.64 Å². The number of alkyl halides is 2. The minimum atomic E-state index is -2.86. The fourth-order valence-electron chi connectivity index (χ4n) is 2.26. The van der Waals surface area contributed by atoms with E-state index in [1.807, 2.05) is 0 Å². The zero-order valence-corrected chi connectivity index (χ0v) is 10.7. The van der Waals surface area contributed by atoms with E-state index in [1.165, 1.54) is 12.3 Å². The van der Waals surface area contributed by atoms with Crippen LogP contribution in [0, 0.1) is 5.92 Å². The predicted octanol–water partition coefficient (Wildman–Crippen LogP) is 2.49. The number of pyridine rings is 1. The Morgan fingerprint density at radius 3 is 2.58 bits per heavy atom. The zero-order chi connectivity index (χ0) is 13.8. The van der Waals surface area contributed by atoms with Crippen molar-refractivity contribution >= 4 is 11.5 Å². The van der Waals surface area contributed by atoms with Crippen LogP contribution < -0.4 is 9.64 Å². The summed E-state index contributed by atoms with van der Waals surface area (Å²) in [4.78, 5) is 17.2. The van der Waals surface area contributed by atoms with Crippen LogP contribution in [0.25, 0.3) is 0 Å². The number of carbonyl (C=O) groups excluding carboxylic acids is 1. The summed E-state index contributed by atoms with van der Waals surface area (Å²) in [5.74, 6) is 0.293. The third-order valence-corrected chi connectivity index (χ3v) is 3.37. The molecule has 19 heavy (non-hydrogen) atoms. The van der Waals surface area contributed by atoms with Gasteiger partial charge in [0.15, 0.2) is 0 Å². The van der Waals surface area contributed by atoms with Crippen molar-refractivity contribution in [2.75, 3.05) is 18.0 Å². The second kappa shape index (κ2) is 5.95. The van der Waals surface area contributed by atoms with E-state index in [0.717, 1.165) is 31.6 Å². The molecule has 2 rings (SSSR count). The Morgan fingerprint density at radius 2 is 2.11 bits per heavy atom. The summed E-state index contributed by atoms with van der Waals surface area (Å²) in [5, 5.41) is 0. The molecule has 1 fully saturated rings. The maximum absolute atomic E-state index is 12.0. The summed E-state index contributed by atoms with van der Waals surface area (Å²) in [7, 11) is 0. The van der Waals surface area contributed by atoms with Crippen LogP contribution in [-0.4, -0.2) is 30.5 Å². The van der Waals surface area contributed by atoms with Crippen LogP contribution in [-0.2, 0) is 4.79 Å². The summed E-state index contributed by atoms with van der Waals surface area (Å²) in [6.45, 7) is 0.324. The third-order valence-electron chi connectivity index (χ3n) is 3.37. The van der Waals surface area contributed by atoms with Gasteiger partial charge in [-0.15, -0.1) is 0 Å². The molecule has 0 aromatic carbocycles. The lowest BCUT2D eigenvalue weighted by atomic mass is 9.93. The lowest BCUT2D eigenvalue weighted by Gasteiger charge is -2.32. The number of rotatable bonds is 4. The molecule has 0 spiro atoms. The van der Waals surface area contributed by atoms with Gasteiger partial charge in [-0.05, 0) is 25.8 Å². The van der Waals surface area contributed by atoms with Crippen molar-refractivity contribution in [2.24, 2.45) is 5.92 Å². The number of aromatic nitrogens is 1. The fourth-order valence-corrected chi connectivity index (χ4v) is 2.26. The Kier molecular flexibility index (Phi) is 4.29. The first-order valence-electron chi connectivity index (χ1n) is 6.22. The molecular weight excluding hydrogens is 254 g/mol. The molecule has 4 nitrogen and oxygen atoms in total. The highest BCUT2D eigenvalue weighted by Gasteiger charge is 2.22. The Bertz CT molecular complexity index is 429. The highest BCUT2D eigenvalue weighted by molar-refractivity contribution is 5.78. The van der Waals surface area contributed by atoms with Gasteiger partial charge in [0.25, 0.3) is 0 Å². The van der Waals surface area contributed by atoms with E-state index in [4.69, 9.17) is 0 Å². The number of carbonyl (C=O) groups is 1. The van der Waals surface area contributed by atoms with Crippen molar-refractivity contribution in [2.45, 2.75) is 26.4 Å². The fraction of sp³-hybridized carbons (Fsp3) is 0.538. The predicted molar refractivity (Wildman–Crippen MR) is 66.5 cm³/mol. The summed E-state index contributed by atoms with van der Waals surface area (Å²) in [6.07, 6.45) is 3.17. The van der Waals surface area contributed by atoms with Crippen LogP contribution in [0.3, 0.4) is 0 Å². The van der Waals surface area contributed by atoms with Gasteiger partial charge in [0.05, 0.1) is 11.9 Å². The molecule has 0 atom stereocenters. The normalized spacial score (nSPS) is 16.7. The molecule has 1 saturated heterocycles. The number of ether oxygens (including phenoxy) is 1. The van der Waals surface area contributed by atoms with Crippen molar-refractivity contribution in [3.8, 4) is 5.88 Å². The Balaban J connectivity index is 1.94. The standard InChI is InChI=1S/C13H16F2N2O2/c1-9(18)10-4-6-17(7-5-10)11-2-3-12(16-8-11)19-13(14)15/h2-3,8,10,13H,4-7H2,1H3. The Hall–Kier alpha value is -1.72. The lowest BCUT2D eigenvalue weighted by molar-refractivity contribution is -0.121. The molecule has 0 radical (unpaired) electrons. The summed E-state index contributed by atoms with van der Waals surface area (Å²) in [6, 6.07) is 3.14. The smallest absolute Gasteiger partial charge is 0.388 e. The number of piperidine rings is 1. The molecule has 0 saturated carbocycles. The molecule has 104 valence electrons. The number of hydrogen-bond acceptors (Lipinski definition) is 4. The average Bonchev–Trinajstić information content (AvgIpc) is 2.39. The molecule has 0 unspecified atom stereocenters. The molecule has 2 heterocycles. The van der Waals surface area contributed by atoms with Gasteiger partial charge in [-0.2, -0.15) is 8.78 Å². The van der Waals surface area contributed by atoms with Crippen molar-refractivity contribution in [1.29, 1.82) is 0 Å². The Morgan fingerprint density at radius 1 is 1.42 bits per heavy atom. The molecule has 0 bridgehead atoms. The van der Waals surface area contributed by atoms with Crippen molar-refractivity contribution < 1.29 is 18.3 Å². The average molecular weight is 270 g/mol. The van der Waals surface area contributed by atoms with Gasteiger partial charge in [-0.3, -0.25) is 4.79 Å². The van der Waals surface area contributed by atoms with Crippen LogP contribution in [0.4, 0.5) is 14.5 Å². The van der Waals surface area contributed by atoms with E-state index in [0.29, 0.717) is 0 Å². The second-order valence-electron chi connectivity index (χ2n) is 4.61. The largest absolute Gasteiger partial charge is 0.417 e. The van der Waals surface area contributed by atoms with Gasteiger partial charge in [0, 0.05) is 25.1 Å².